The number of aromatic nitrogens is 1. The summed E-state index contributed by atoms with van der Waals surface area (Å²) in [5.41, 5.74) is 0.998. The van der Waals surface area contributed by atoms with Crippen LogP contribution in [0.15, 0.2) is 24.4 Å². The molecule has 5 nitrogen and oxygen atoms in total. The maximum Gasteiger partial charge on any atom is 0.319 e. The Kier molecular flexibility index (Phi) is 5.75. The Morgan fingerprint density at radius 3 is 2.81 bits per heavy atom. The van der Waals surface area contributed by atoms with Crippen LogP contribution in [-0.2, 0) is 15.6 Å². The molecule has 0 amide bonds. The number of pyridine rings is 1. The van der Waals surface area contributed by atoms with Crippen LogP contribution >= 0.6 is 10.8 Å². The lowest BCUT2D eigenvalue weighted by Crippen LogP contribution is -2.20. The van der Waals surface area contributed by atoms with E-state index < -0.39 is 9.15 Å². The predicted molar refractivity (Wildman–Crippen MR) is 64.8 cm³/mol. The molecule has 0 bridgehead atoms. The number of hydrogen-bond donors (Lipinski definition) is 2. The highest BCUT2D eigenvalue weighted by Gasteiger charge is 2.03. The smallest absolute Gasteiger partial charge is 0.315 e. The third-order valence-electron chi connectivity index (χ3n) is 1.80. The second kappa shape index (κ2) is 6.85. The zero-order valence-corrected chi connectivity index (χ0v) is 10.3. The van der Waals surface area contributed by atoms with E-state index in [4.69, 9.17) is 4.55 Å². The van der Waals surface area contributed by atoms with Gasteiger partial charge in [0.15, 0.2) is 0 Å². The van der Waals surface area contributed by atoms with Crippen molar-refractivity contribution < 1.29 is 13.0 Å². The lowest BCUT2D eigenvalue weighted by molar-refractivity contribution is 0.503. The summed E-state index contributed by atoms with van der Waals surface area (Å²) in [6, 6.07) is 5.73. The van der Waals surface area contributed by atoms with E-state index in [0.717, 1.165) is 18.7 Å². The van der Waals surface area contributed by atoms with E-state index in [1.807, 2.05) is 18.2 Å². The lowest BCUT2D eigenvalue weighted by Gasteiger charge is -2.02. The van der Waals surface area contributed by atoms with Crippen LogP contribution in [0.2, 0.25) is 0 Å². The minimum atomic E-state index is -3.90. The summed E-state index contributed by atoms with van der Waals surface area (Å²) < 4.78 is 29.2. The first-order chi connectivity index (χ1) is 7.58. The van der Waals surface area contributed by atoms with E-state index in [1.165, 1.54) is 0 Å². The third kappa shape index (κ3) is 6.78. The number of hydrogen-bond acceptors (Lipinski definition) is 5. The molecule has 1 aromatic heterocycles. The van der Waals surface area contributed by atoms with E-state index in [0.29, 0.717) is 23.1 Å². The molecule has 1 aromatic rings. The highest BCUT2D eigenvalue weighted by Crippen LogP contribution is 2.06. The fourth-order valence-electron chi connectivity index (χ4n) is 1.11. The van der Waals surface area contributed by atoms with E-state index in [9.17, 15) is 8.42 Å². The van der Waals surface area contributed by atoms with Crippen LogP contribution in [0.1, 0.15) is 5.69 Å². The molecule has 1 heterocycles. The third-order valence-corrected chi connectivity index (χ3v) is 3.86. The minimum Gasteiger partial charge on any atom is -0.315 e. The Bertz CT molecular complexity index is 394. The van der Waals surface area contributed by atoms with Crippen molar-refractivity contribution in [2.24, 2.45) is 0 Å². The van der Waals surface area contributed by atoms with Crippen LogP contribution in [0, 0.1) is 0 Å². The highest BCUT2D eigenvalue weighted by molar-refractivity contribution is 8.69. The molecule has 0 aromatic carbocycles. The Balaban J connectivity index is 2.05. The summed E-state index contributed by atoms with van der Waals surface area (Å²) in [6.07, 6.45) is 2.54. The molecule has 2 N–H and O–H groups in total. The molecule has 0 saturated carbocycles. The van der Waals surface area contributed by atoms with Gasteiger partial charge >= 0.3 is 9.15 Å². The van der Waals surface area contributed by atoms with Gasteiger partial charge in [0.25, 0.3) is 0 Å². The standard InChI is InChI=1S/C9H14N2O3S2/c12-16(13,14)15-8-7-10-6-4-9-3-1-2-5-11-9/h1-3,5,10H,4,6-8H2,(H,12,13,14). The first-order valence-electron chi connectivity index (χ1n) is 4.80. The van der Waals surface area contributed by atoms with Crippen LogP contribution in [0.4, 0.5) is 0 Å². The van der Waals surface area contributed by atoms with Crippen molar-refractivity contribution in [1.82, 2.24) is 10.3 Å². The van der Waals surface area contributed by atoms with Gasteiger partial charge in [0.05, 0.1) is 0 Å². The van der Waals surface area contributed by atoms with Crippen LogP contribution < -0.4 is 5.32 Å². The average Bonchev–Trinajstić information content (AvgIpc) is 2.23. The molecule has 0 radical (unpaired) electrons. The molecule has 0 spiro atoms. The molecule has 0 unspecified atom stereocenters. The van der Waals surface area contributed by atoms with Gasteiger partial charge in [-0.2, -0.15) is 8.42 Å². The van der Waals surface area contributed by atoms with Gasteiger partial charge in [0, 0.05) is 37.2 Å². The summed E-state index contributed by atoms with van der Waals surface area (Å²) in [5.74, 6) is 0.334. The van der Waals surface area contributed by atoms with Crippen LogP contribution in [0.5, 0.6) is 0 Å². The Labute approximate surface area is 98.8 Å². The highest BCUT2D eigenvalue weighted by atomic mass is 33.1. The maximum absolute atomic E-state index is 10.4. The molecule has 0 fully saturated rings. The van der Waals surface area contributed by atoms with Gasteiger partial charge in [-0.1, -0.05) is 6.07 Å². The molecule has 0 atom stereocenters. The quantitative estimate of drug-likeness (QED) is 0.429. The van der Waals surface area contributed by atoms with Crippen LogP contribution in [-0.4, -0.2) is 36.8 Å². The Hall–Kier alpha value is -0.630. The SMILES string of the molecule is O=S(=O)(O)SCCNCCc1ccccn1. The van der Waals surface area contributed by atoms with Crippen molar-refractivity contribution in [2.45, 2.75) is 6.42 Å². The van der Waals surface area contributed by atoms with E-state index in [-0.39, 0.29) is 0 Å². The summed E-state index contributed by atoms with van der Waals surface area (Å²) in [7, 11) is -3.37. The number of rotatable bonds is 7. The molecule has 16 heavy (non-hydrogen) atoms. The van der Waals surface area contributed by atoms with Gasteiger partial charge in [-0.15, -0.1) is 0 Å². The lowest BCUT2D eigenvalue weighted by atomic mass is 10.3. The summed E-state index contributed by atoms with van der Waals surface area (Å²) in [5, 5.41) is 3.07. The van der Waals surface area contributed by atoms with Crippen molar-refractivity contribution in [1.29, 1.82) is 0 Å². The molecule has 7 heteroatoms. The minimum absolute atomic E-state index is 0.334. The summed E-state index contributed by atoms with van der Waals surface area (Å²) in [4.78, 5) is 4.15. The molecule has 0 saturated heterocycles. The van der Waals surface area contributed by atoms with Gasteiger partial charge in [-0.25, -0.2) is 0 Å². The van der Waals surface area contributed by atoms with Crippen molar-refractivity contribution >= 4 is 19.9 Å². The van der Waals surface area contributed by atoms with Crippen molar-refractivity contribution in [3.8, 4) is 0 Å². The molecule has 0 aliphatic heterocycles. The molecular formula is C9H14N2O3S2. The normalized spacial score (nSPS) is 11.6. The van der Waals surface area contributed by atoms with E-state index in [1.54, 1.807) is 6.20 Å². The Morgan fingerprint density at radius 1 is 1.38 bits per heavy atom. The van der Waals surface area contributed by atoms with Gasteiger partial charge in [-0.3, -0.25) is 9.54 Å². The largest absolute Gasteiger partial charge is 0.319 e. The maximum atomic E-state index is 10.4. The second-order valence-corrected chi connectivity index (χ2v) is 6.54. The fourth-order valence-corrected chi connectivity index (χ4v) is 2.43. The van der Waals surface area contributed by atoms with E-state index >= 15 is 0 Å². The summed E-state index contributed by atoms with van der Waals surface area (Å²) >= 11 is 0. The molecule has 1 rings (SSSR count). The van der Waals surface area contributed by atoms with Crippen molar-refractivity contribution in [3.05, 3.63) is 30.1 Å². The van der Waals surface area contributed by atoms with Crippen molar-refractivity contribution in [3.63, 3.8) is 0 Å². The fraction of sp³-hybridized carbons (Fsp3) is 0.444. The number of nitrogens with one attached hydrogen (secondary N) is 1. The summed E-state index contributed by atoms with van der Waals surface area (Å²) in [6.45, 7) is 1.28. The topological polar surface area (TPSA) is 79.3 Å². The van der Waals surface area contributed by atoms with Crippen LogP contribution in [0.3, 0.4) is 0 Å². The number of nitrogens with zero attached hydrogens (tertiary/aromatic N) is 1. The van der Waals surface area contributed by atoms with Crippen molar-refractivity contribution in [2.75, 3.05) is 18.8 Å². The molecule has 0 aliphatic carbocycles. The molecular weight excluding hydrogens is 248 g/mol. The van der Waals surface area contributed by atoms with Gasteiger partial charge in [-0.05, 0) is 22.9 Å². The predicted octanol–water partition coefficient (Wildman–Crippen LogP) is 0.750. The average molecular weight is 262 g/mol. The van der Waals surface area contributed by atoms with Gasteiger partial charge < -0.3 is 5.32 Å². The zero-order valence-electron chi connectivity index (χ0n) is 8.67. The van der Waals surface area contributed by atoms with E-state index in [2.05, 4.69) is 10.3 Å². The Morgan fingerprint density at radius 2 is 2.19 bits per heavy atom. The second-order valence-electron chi connectivity index (χ2n) is 3.07. The monoisotopic (exact) mass is 262 g/mol. The zero-order chi connectivity index (χ0) is 11.9. The first-order valence-corrected chi connectivity index (χ1v) is 7.74. The van der Waals surface area contributed by atoms with Gasteiger partial charge in [0.1, 0.15) is 0 Å². The first kappa shape index (κ1) is 13.4. The molecule has 90 valence electrons. The van der Waals surface area contributed by atoms with Crippen LogP contribution in [0.25, 0.3) is 0 Å². The van der Waals surface area contributed by atoms with Gasteiger partial charge in [0.2, 0.25) is 0 Å². The molecule has 0 aliphatic rings.